The van der Waals surface area contributed by atoms with Gasteiger partial charge in [-0.1, -0.05) is 5.16 Å². The van der Waals surface area contributed by atoms with Gasteiger partial charge in [0.15, 0.2) is 0 Å². The Kier molecular flexibility index (Phi) is 5.25. The maximum atomic E-state index is 12.6. The van der Waals surface area contributed by atoms with Gasteiger partial charge >= 0.3 is 12.1 Å². The minimum atomic E-state index is -4.69. The first-order valence-electron chi connectivity index (χ1n) is 9.03. The minimum Gasteiger partial charge on any atom is -0.465 e. The van der Waals surface area contributed by atoms with E-state index >= 15 is 0 Å². The number of hydrogen-bond donors (Lipinski definition) is 0. The highest BCUT2D eigenvalue weighted by Crippen LogP contribution is 2.29. The molecular formula is C19H16F3N5O3. The highest BCUT2D eigenvalue weighted by Gasteiger charge is 2.38. The van der Waals surface area contributed by atoms with Gasteiger partial charge < -0.3 is 18.7 Å². The molecule has 0 bridgehead atoms. The Labute approximate surface area is 168 Å². The van der Waals surface area contributed by atoms with Crippen LogP contribution in [0.25, 0.3) is 17.5 Å². The quantitative estimate of drug-likeness (QED) is 0.601. The average Bonchev–Trinajstić information content (AvgIpc) is 3.44. The van der Waals surface area contributed by atoms with Crippen molar-refractivity contribution in [3.05, 3.63) is 54.5 Å². The molecule has 0 radical (unpaired) electrons. The fourth-order valence-corrected chi connectivity index (χ4v) is 2.96. The Morgan fingerprint density at radius 2 is 1.93 bits per heavy atom. The molecular weight excluding hydrogens is 403 g/mol. The van der Waals surface area contributed by atoms with Crippen LogP contribution in [0.3, 0.4) is 0 Å². The summed E-state index contributed by atoms with van der Waals surface area (Å²) in [6.45, 7) is 2.19. The standard InChI is InChI=1S/C19H16F3N5O3/c20-19(21,22)18-24-17(25-30-18)13-3-5-15(23-12-13)26-7-9-27(10-8-26)16(28)6-4-14-2-1-11-29-14/h1-6,11-12H,7-10H2/b6-4+. The van der Waals surface area contributed by atoms with Gasteiger partial charge in [0.2, 0.25) is 11.7 Å². The summed E-state index contributed by atoms with van der Waals surface area (Å²) in [5, 5.41) is 3.34. The van der Waals surface area contributed by atoms with Crippen LogP contribution in [0.4, 0.5) is 19.0 Å². The van der Waals surface area contributed by atoms with Gasteiger partial charge in [-0.25, -0.2) is 4.98 Å². The third-order valence-electron chi connectivity index (χ3n) is 4.52. The molecule has 8 nitrogen and oxygen atoms in total. The van der Waals surface area contributed by atoms with Gasteiger partial charge in [0, 0.05) is 44.0 Å². The maximum absolute atomic E-state index is 12.6. The Morgan fingerprint density at radius 1 is 1.13 bits per heavy atom. The van der Waals surface area contributed by atoms with E-state index in [2.05, 4.69) is 19.6 Å². The van der Waals surface area contributed by atoms with Crippen LogP contribution in [-0.4, -0.2) is 52.1 Å². The van der Waals surface area contributed by atoms with Gasteiger partial charge in [-0.05, 0) is 30.3 Å². The van der Waals surface area contributed by atoms with Crippen LogP contribution in [0.2, 0.25) is 0 Å². The number of hydrogen-bond acceptors (Lipinski definition) is 7. The van der Waals surface area contributed by atoms with E-state index in [1.54, 1.807) is 35.2 Å². The lowest BCUT2D eigenvalue weighted by Crippen LogP contribution is -2.48. The molecule has 4 rings (SSSR count). The Hall–Kier alpha value is -3.63. The number of piperazine rings is 1. The van der Waals surface area contributed by atoms with Crippen molar-refractivity contribution in [2.45, 2.75) is 6.18 Å². The Bertz CT molecular complexity index is 1020. The van der Waals surface area contributed by atoms with Gasteiger partial charge in [0.1, 0.15) is 11.6 Å². The Balaban J connectivity index is 1.35. The van der Waals surface area contributed by atoms with Gasteiger partial charge in [-0.2, -0.15) is 18.2 Å². The number of carbonyl (C=O) groups is 1. The molecule has 156 valence electrons. The number of alkyl halides is 3. The summed E-state index contributed by atoms with van der Waals surface area (Å²) in [6, 6.07) is 6.76. The fourth-order valence-electron chi connectivity index (χ4n) is 2.96. The smallest absolute Gasteiger partial charge is 0.465 e. The third-order valence-corrected chi connectivity index (χ3v) is 4.52. The normalized spacial score (nSPS) is 15.2. The first-order valence-corrected chi connectivity index (χ1v) is 9.03. The predicted octanol–water partition coefficient (Wildman–Crippen LogP) is 3.11. The summed E-state index contributed by atoms with van der Waals surface area (Å²) in [7, 11) is 0. The summed E-state index contributed by atoms with van der Waals surface area (Å²) in [4.78, 5) is 23.6. The lowest BCUT2D eigenvalue weighted by atomic mass is 10.2. The topological polar surface area (TPSA) is 88.5 Å². The van der Waals surface area contributed by atoms with Gasteiger partial charge in [-0.3, -0.25) is 4.79 Å². The second-order valence-electron chi connectivity index (χ2n) is 6.49. The molecule has 4 heterocycles. The molecule has 1 aliphatic rings. The van der Waals surface area contributed by atoms with E-state index in [9.17, 15) is 18.0 Å². The van der Waals surface area contributed by atoms with Crippen LogP contribution in [0.1, 0.15) is 11.7 Å². The highest BCUT2D eigenvalue weighted by atomic mass is 19.4. The van der Waals surface area contributed by atoms with Crippen molar-refractivity contribution in [2.75, 3.05) is 31.1 Å². The summed E-state index contributed by atoms with van der Waals surface area (Å²) in [5.41, 5.74) is 0.315. The molecule has 30 heavy (non-hydrogen) atoms. The van der Waals surface area contributed by atoms with Crippen molar-refractivity contribution >= 4 is 17.8 Å². The van der Waals surface area contributed by atoms with E-state index in [0.717, 1.165) is 0 Å². The van der Waals surface area contributed by atoms with Gasteiger partial charge in [-0.15, -0.1) is 0 Å². The van der Waals surface area contributed by atoms with E-state index in [1.165, 1.54) is 18.5 Å². The highest BCUT2D eigenvalue weighted by molar-refractivity contribution is 5.91. The van der Waals surface area contributed by atoms with E-state index in [-0.39, 0.29) is 11.7 Å². The minimum absolute atomic E-state index is 0.105. The van der Waals surface area contributed by atoms with Crippen LogP contribution in [0.15, 0.2) is 51.7 Å². The number of carbonyl (C=O) groups excluding carboxylic acids is 1. The SMILES string of the molecule is O=C(/C=C/c1ccco1)N1CCN(c2ccc(-c3noc(C(F)(F)F)n3)cn2)CC1. The molecule has 0 unspecified atom stereocenters. The van der Waals surface area contributed by atoms with E-state index in [0.29, 0.717) is 43.3 Å². The van der Waals surface area contributed by atoms with Crippen molar-refractivity contribution in [1.29, 1.82) is 0 Å². The summed E-state index contributed by atoms with van der Waals surface area (Å²) in [5.74, 6) is -0.428. The number of furan rings is 1. The molecule has 0 aromatic carbocycles. The lowest BCUT2D eigenvalue weighted by Gasteiger charge is -2.35. The van der Waals surface area contributed by atoms with Crippen LogP contribution in [0, 0.1) is 0 Å². The molecule has 0 atom stereocenters. The van der Waals surface area contributed by atoms with Crippen LogP contribution < -0.4 is 4.90 Å². The average molecular weight is 419 g/mol. The summed E-state index contributed by atoms with van der Waals surface area (Å²) < 4.78 is 47.1. The van der Waals surface area contributed by atoms with Crippen LogP contribution in [0.5, 0.6) is 0 Å². The van der Waals surface area contributed by atoms with Gasteiger partial charge in [0.05, 0.1) is 6.26 Å². The Morgan fingerprint density at radius 3 is 2.53 bits per heavy atom. The van der Waals surface area contributed by atoms with Crippen LogP contribution >= 0.6 is 0 Å². The number of nitrogens with zero attached hydrogens (tertiary/aromatic N) is 5. The molecule has 0 spiro atoms. The number of aromatic nitrogens is 3. The van der Waals surface area contributed by atoms with Crippen LogP contribution in [-0.2, 0) is 11.0 Å². The summed E-state index contributed by atoms with van der Waals surface area (Å²) in [6.07, 6.45) is 1.33. The van der Waals surface area contributed by atoms with Crippen molar-refractivity contribution in [3.63, 3.8) is 0 Å². The molecule has 11 heteroatoms. The fraction of sp³-hybridized carbons (Fsp3) is 0.263. The second-order valence-corrected chi connectivity index (χ2v) is 6.49. The molecule has 3 aromatic heterocycles. The number of rotatable bonds is 4. The molecule has 1 saturated heterocycles. The maximum Gasteiger partial charge on any atom is 0.471 e. The van der Waals surface area contributed by atoms with Crippen molar-refractivity contribution in [3.8, 4) is 11.4 Å². The molecule has 0 N–H and O–H groups in total. The van der Waals surface area contributed by atoms with Crippen molar-refractivity contribution in [1.82, 2.24) is 20.0 Å². The number of amides is 1. The monoisotopic (exact) mass is 419 g/mol. The zero-order valence-corrected chi connectivity index (χ0v) is 15.5. The van der Waals surface area contributed by atoms with Crippen molar-refractivity contribution in [2.24, 2.45) is 0 Å². The largest absolute Gasteiger partial charge is 0.471 e. The molecule has 1 fully saturated rings. The van der Waals surface area contributed by atoms with E-state index in [4.69, 9.17) is 4.42 Å². The van der Waals surface area contributed by atoms with E-state index in [1.807, 2.05) is 4.90 Å². The van der Waals surface area contributed by atoms with Gasteiger partial charge in [0.25, 0.3) is 0 Å². The first kappa shape index (κ1) is 19.7. The second kappa shape index (κ2) is 8.01. The third kappa shape index (κ3) is 4.34. The molecule has 0 aliphatic carbocycles. The predicted molar refractivity (Wildman–Crippen MR) is 99.1 cm³/mol. The number of pyridine rings is 1. The molecule has 3 aromatic rings. The molecule has 1 aliphatic heterocycles. The van der Waals surface area contributed by atoms with Crippen molar-refractivity contribution < 1.29 is 26.9 Å². The number of anilines is 1. The molecule has 1 amide bonds. The number of halogens is 3. The zero-order chi connectivity index (χ0) is 21.1. The molecule has 0 saturated carbocycles. The summed E-state index contributed by atoms with van der Waals surface area (Å²) >= 11 is 0. The van der Waals surface area contributed by atoms with E-state index < -0.39 is 12.1 Å². The first-order chi connectivity index (χ1) is 14.4. The zero-order valence-electron chi connectivity index (χ0n) is 15.5. The lowest BCUT2D eigenvalue weighted by molar-refractivity contribution is -0.159.